The Balaban J connectivity index is 0.00000246. The van der Waals surface area contributed by atoms with Crippen LogP contribution in [0.3, 0.4) is 0 Å². The summed E-state index contributed by atoms with van der Waals surface area (Å²) in [5, 5.41) is 6.48. The molecule has 2 unspecified atom stereocenters. The molecule has 1 aromatic heterocycles. The minimum absolute atomic E-state index is 0.0731. The fourth-order valence-corrected chi connectivity index (χ4v) is 9.03. The number of fused-ring (bicyclic) bond motifs is 5. The molecule has 2 aliphatic carbocycles. The van der Waals surface area contributed by atoms with Crippen LogP contribution in [0.5, 0.6) is 0 Å². The highest BCUT2D eigenvalue weighted by molar-refractivity contribution is 6.10. The molecule has 9 rings (SSSR count). The molecule has 2 bridgehead atoms. The van der Waals surface area contributed by atoms with E-state index in [0.29, 0.717) is 0 Å². The number of allylic oxidation sites excluding steroid dienone is 7. The van der Waals surface area contributed by atoms with Gasteiger partial charge in [-0.15, -0.1) is 0 Å². The summed E-state index contributed by atoms with van der Waals surface area (Å²) < 4.78 is 2.40. The molecule has 7 aromatic rings. The summed E-state index contributed by atoms with van der Waals surface area (Å²) in [4.78, 5) is 2.34. The normalized spacial score (nSPS) is 16.2. The van der Waals surface area contributed by atoms with Gasteiger partial charge in [-0.3, -0.25) is 0 Å². The molecule has 1 heterocycles. The highest BCUT2D eigenvalue weighted by Gasteiger charge is 2.33. The molecule has 60 heavy (non-hydrogen) atoms. The van der Waals surface area contributed by atoms with E-state index in [2.05, 4.69) is 212 Å². The Kier molecular flexibility index (Phi) is 11.7. The van der Waals surface area contributed by atoms with Gasteiger partial charge < -0.3 is 14.8 Å². The van der Waals surface area contributed by atoms with E-state index in [1.54, 1.807) is 0 Å². The van der Waals surface area contributed by atoms with Gasteiger partial charge in [0.15, 0.2) is 0 Å². The number of anilines is 3. The first-order valence-electron chi connectivity index (χ1n) is 21.4. The summed E-state index contributed by atoms with van der Waals surface area (Å²) in [7, 11) is 0. The lowest BCUT2D eigenvalue weighted by Crippen LogP contribution is -2.32. The molecule has 3 heteroatoms. The average molecular weight is 782 g/mol. The van der Waals surface area contributed by atoms with Crippen LogP contribution in [0.25, 0.3) is 38.6 Å². The Hall–Kier alpha value is -6.84. The number of nitrogens with zero attached hydrogens (tertiary/aromatic N) is 2. The van der Waals surface area contributed by atoms with Crippen LogP contribution in [0.2, 0.25) is 0 Å². The molecule has 1 N–H and O–H groups in total. The van der Waals surface area contributed by atoms with Crippen molar-refractivity contribution >= 4 is 50.0 Å². The van der Waals surface area contributed by atoms with Gasteiger partial charge in [0.05, 0.1) is 17.1 Å². The van der Waals surface area contributed by atoms with Crippen LogP contribution in [0.1, 0.15) is 56.4 Å². The number of benzene rings is 6. The smallest absolute Gasteiger partial charge is 0.0585 e. The minimum atomic E-state index is 0.0731. The van der Waals surface area contributed by atoms with E-state index in [4.69, 9.17) is 6.58 Å². The number of aromatic nitrogens is 1. The molecule has 6 aromatic carbocycles. The topological polar surface area (TPSA) is 20.2 Å². The van der Waals surface area contributed by atoms with Crippen molar-refractivity contribution < 1.29 is 0 Å². The second kappa shape index (κ2) is 17.6. The van der Waals surface area contributed by atoms with E-state index in [0.717, 1.165) is 35.5 Å². The number of nitrogens with one attached hydrogen (secondary N) is 1. The van der Waals surface area contributed by atoms with Crippen molar-refractivity contribution in [2.24, 2.45) is 5.92 Å². The second-order valence-electron chi connectivity index (χ2n) is 15.6. The van der Waals surface area contributed by atoms with Crippen LogP contribution < -0.4 is 10.2 Å². The van der Waals surface area contributed by atoms with Gasteiger partial charge in [-0.1, -0.05) is 131 Å². The third-order valence-corrected chi connectivity index (χ3v) is 11.8. The van der Waals surface area contributed by atoms with Crippen molar-refractivity contribution in [2.45, 2.75) is 53.5 Å². The third-order valence-electron chi connectivity index (χ3n) is 11.8. The zero-order valence-electron chi connectivity index (χ0n) is 35.6. The number of hydrogen-bond acceptors (Lipinski definition) is 2. The van der Waals surface area contributed by atoms with Gasteiger partial charge in [0, 0.05) is 45.1 Å². The van der Waals surface area contributed by atoms with Gasteiger partial charge in [0.2, 0.25) is 0 Å². The van der Waals surface area contributed by atoms with Crippen molar-refractivity contribution in [2.75, 3.05) is 10.2 Å². The van der Waals surface area contributed by atoms with E-state index in [1.165, 1.54) is 72.2 Å². The first kappa shape index (κ1) is 40.0. The predicted octanol–water partition coefficient (Wildman–Crippen LogP) is 15.4. The van der Waals surface area contributed by atoms with E-state index in [9.17, 15) is 0 Å². The van der Waals surface area contributed by atoms with E-state index in [1.807, 2.05) is 19.9 Å². The Morgan fingerprint density at radius 2 is 1.42 bits per heavy atom. The van der Waals surface area contributed by atoms with Gasteiger partial charge in [0.1, 0.15) is 0 Å². The van der Waals surface area contributed by atoms with E-state index >= 15 is 0 Å². The third kappa shape index (κ3) is 7.72. The number of para-hydroxylation sites is 3. The molecule has 3 nitrogen and oxygen atoms in total. The maximum atomic E-state index is 4.76. The van der Waals surface area contributed by atoms with Crippen molar-refractivity contribution in [3.05, 3.63) is 228 Å². The number of aryl methyl sites for hydroxylation is 2. The molecule has 298 valence electrons. The van der Waals surface area contributed by atoms with Crippen molar-refractivity contribution in [3.63, 3.8) is 0 Å². The van der Waals surface area contributed by atoms with E-state index < -0.39 is 0 Å². The molecule has 0 radical (unpaired) electrons. The van der Waals surface area contributed by atoms with Crippen LogP contribution in [-0.4, -0.2) is 10.6 Å². The molecule has 0 aliphatic heterocycles. The maximum absolute atomic E-state index is 4.76. The monoisotopic (exact) mass is 781 g/mol. The van der Waals surface area contributed by atoms with Crippen LogP contribution in [0.4, 0.5) is 17.1 Å². The lowest BCUT2D eigenvalue weighted by molar-refractivity contribution is 0.604. The SMILES string of the molecule is C=C/C=C(\C)N(c1ccccc1)c1ccc(C2=CC3CC(c4ccc5c(c4)c4cc(C)ccc4n5-c4ccccc4)=CC(=C)C(=C2)C3Nc2ccccc2)cc1CC.CC. The average Bonchev–Trinajstić information content (AvgIpc) is 3.58. The number of rotatable bonds is 10. The summed E-state index contributed by atoms with van der Waals surface area (Å²) in [6.45, 7) is 19.3. The second-order valence-corrected chi connectivity index (χ2v) is 15.6. The van der Waals surface area contributed by atoms with Gasteiger partial charge in [-0.25, -0.2) is 0 Å². The van der Waals surface area contributed by atoms with Gasteiger partial charge in [-0.05, 0) is 151 Å². The molecule has 0 saturated heterocycles. The van der Waals surface area contributed by atoms with Crippen LogP contribution in [-0.2, 0) is 6.42 Å². The molecule has 2 atom stereocenters. The zero-order valence-corrected chi connectivity index (χ0v) is 35.6. The van der Waals surface area contributed by atoms with Crippen molar-refractivity contribution in [1.29, 1.82) is 0 Å². The predicted molar refractivity (Wildman–Crippen MR) is 260 cm³/mol. The quantitative estimate of drug-likeness (QED) is 0.140. The summed E-state index contributed by atoms with van der Waals surface area (Å²) in [6.07, 6.45) is 13.0. The molecule has 0 saturated carbocycles. The highest BCUT2D eigenvalue weighted by Crippen LogP contribution is 2.44. The number of hydrogen-bond donors (Lipinski definition) is 1. The molecule has 2 aliphatic rings. The van der Waals surface area contributed by atoms with Crippen LogP contribution >= 0.6 is 0 Å². The van der Waals surface area contributed by atoms with E-state index in [-0.39, 0.29) is 12.0 Å². The molecule has 0 amide bonds. The highest BCUT2D eigenvalue weighted by atomic mass is 15.1. The Morgan fingerprint density at radius 1 is 0.767 bits per heavy atom. The molecule has 0 spiro atoms. The lowest BCUT2D eigenvalue weighted by Gasteiger charge is -2.33. The molecule has 0 fully saturated rings. The molecular weight excluding hydrogens is 727 g/mol. The summed E-state index contributed by atoms with van der Waals surface area (Å²) in [5.74, 6) is 0.188. The maximum Gasteiger partial charge on any atom is 0.0585 e. The van der Waals surface area contributed by atoms with Crippen LogP contribution in [0.15, 0.2) is 206 Å². The fourth-order valence-electron chi connectivity index (χ4n) is 9.03. The standard InChI is InChI=1S/C55H49N3.C2H6/c1-6-17-39(5)57(47-20-13-9-14-21-47)52-28-25-41(32-40(52)7-2)44-34-45-33-43(31-38(4)49(36-44)55(45)56-46-18-11-8-12-19-46)42-26-29-54-51(35-42)50-30-37(3)24-27-53(50)58(54)48-22-15-10-16-23-48;1-2/h6,8-32,34-36,45,55-56H,1,4,7,33H2,2-3,5H3;1-2H3/b39-17+;. The minimum Gasteiger partial charge on any atom is -0.378 e. The van der Waals surface area contributed by atoms with Crippen LogP contribution in [0, 0.1) is 12.8 Å². The Labute approximate surface area is 356 Å². The lowest BCUT2D eigenvalue weighted by atomic mass is 9.79. The molecular formula is C57H55N3. The first-order chi connectivity index (χ1) is 29.4. The zero-order chi connectivity index (χ0) is 41.8. The largest absolute Gasteiger partial charge is 0.378 e. The first-order valence-corrected chi connectivity index (χ1v) is 21.4. The van der Waals surface area contributed by atoms with Crippen molar-refractivity contribution in [3.8, 4) is 5.69 Å². The summed E-state index contributed by atoms with van der Waals surface area (Å²) in [6, 6.07) is 52.8. The summed E-state index contributed by atoms with van der Waals surface area (Å²) in [5.41, 5.74) is 18.0. The van der Waals surface area contributed by atoms with Gasteiger partial charge in [-0.2, -0.15) is 0 Å². The summed E-state index contributed by atoms with van der Waals surface area (Å²) >= 11 is 0. The van der Waals surface area contributed by atoms with Crippen molar-refractivity contribution in [1.82, 2.24) is 4.57 Å². The van der Waals surface area contributed by atoms with Gasteiger partial charge >= 0.3 is 0 Å². The fraction of sp³-hybridized carbons (Fsp3) is 0.158. The Morgan fingerprint density at radius 3 is 2.12 bits per heavy atom. The Bertz CT molecular complexity index is 2810. The van der Waals surface area contributed by atoms with Gasteiger partial charge in [0.25, 0.3) is 0 Å².